The lowest BCUT2D eigenvalue weighted by atomic mass is 10.2. The van der Waals surface area contributed by atoms with E-state index < -0.39 is 5.82 Å². The van der Waals surface area contributed by atoms with Gasteiger partial charge in [0.15, 0.2) is 11.5 Å². The molecule has 31 heavy (non-hydrogen) atoms. The van der Waals surface area contributed by atoms with Gasteiger partial charge in [-0.3, -0.25) is 4.79 Å². The van der Waals surface area contributed by atoms with Crippen molar-refractivity contribution in [2.24, 2.45) is 0 Å². The average Bonchev–Trinajstić information content (AvgIpc) is 3.20. The van der Waals surface area contributed by atoms with Crippen molar-refractivity contribution in [3.63, 3.8) is 0 Å². The van der Waals surface area contributed by atoms with Crippen LogP contribution < -0.4 is 14.4 Å². The number of piperazine rings is 1. The molecule has 0 atom stereocenters. The highest BCUT2D eigenvalue weighted by molar-refractivity contribution is 5.93. The van der Waals surface area contributed by atoms with E-state index in [1.807, 2.05) is 18.2 Å². The standard InChI is InChI=1S/C23H23FN4O3/c1-16-14-20(28(25-16)19-5-3-2-4-18(19)24)23(29)27-10-8-26(9-11-27)17-6-7-21-22(15-17)31-13-12-30-21/h2-7,14-15H,8-13H2,1H3. The molecule has 2 aliphatic rings. The lowest BCUT2D eigenvalue weighted by molar-refractivity contribution is 0.0737. The number of benzene rings is 2. The summed E-state index contributed by atoms with van der Waals surface area (Å²) in [6.45, 7) is 5.43. The summed E-state index contributed by atoms with van der Waals surface area (Å²) >= 11 is 0. The lowest BCUT2D eigenvalue weighted by Gasteiger charge is -2.36. The number of carbonyl (C=O) groups is 1. The fraction of sp³-hybridized carbons (Fsp3) is 0.304. The van der Waals surface area contributed by atoms with E-state index in [0.29, 0.717) is 50.8 Å². The summed E-state index contributed by atoms with van der Waals surface area (Å²) in [6, 6.07) is 14.0. The van der Waals surface area contributed by atoms with E-state index in [-0.39, 0.29) is 11.6 Å². The van der Waals surface area contributed by atoms with Crippen LogP contribution in [-0.2, 0) is 0 Å². The van der Waals surface area contributed by atoms with Gasteiger partial charge in [0.25, 0.3) is 5.91 Å². The fourth-order valence-corrected chi connectivity index (χ4v) is 4.02. The molecule has 0 spiro atoms. The van der Waals surface area contributed by atoms with Gasteiger partial charge in [-0.2, -0.15) is 5.10 Å². The van der Waals surface area contributed by atoms with Crippen LogP contribution in [0.3, 0.4) is 0 Å². The molecule has 7 nitrogen and oxygen atoms in total. The number of aryl methyl sites for hydroxylation is 1. The van der Waals surface area contributed by atoms with Crippen molar-refractivity contribution < 1.29 is 18.7 Å². The topological polar surface area (TPSA) is 59.8 Å². The highest BCUT2D eigenvalue weighted by Gasteiger charge is 2.27. The second-order valence-electron chi connectivity index (χ2n) is 7.64. The van der Waals surface area contributed by atoms with Crippen LogP contribution in [-0.4, -0.2) is 60.0 Å². The van der Waals surface area contributed by atoms with Crippen LogP contribution >= 0.6 is 0 Å². The Morgan fingerprint density at radius 1 is 0.968 bits per heavy atom. The van der Waals surface area contributed by atoms with Gasteiger partial charge in [0.1, 0.15) is 30.4 Å². The molecule has 0 radical (unpaired) electrons. The first-order valence-electron chi connectivity index (χ1n) is 10.4. The van der Waals surface area contributed by atoms with Crippen LogP contribution in [0.2, 0.25) is 0 Å². The molecule has 1 aromatic heterocycles. The minimum absolute atomic E-state index is 0.148. The zero-order valence-electron chi connectivity index (χ0n) is 17.3. The van der Waals surface area contributed by atoms with Crippen molar-refractivity contribution in [1.29, 1.82) is 0 Å². The highest BCUT2D eigenvalue weighted by Crippen LogP contribution is 2.34. The number of nitrogens with zero attached hydrogens (tertiary/aromatic N) is 4. The number of aromatic nitrogens is 2. The maximum atomic E-state index is 14.3. The molecule has 1 saturated heterocycles. The SMILES string of the molecule is Cc1cc(C(=O)N2CCN(c3ccc4c(c3)OCCO4)CC2)n(-c2ccccc2F)n1. The Morgan fingerprint density at radius 2 is 1.71 bits per heavy atom. The maximum absolute atomic E-state index is 14.3. The number of carbonyl (C=O) groups excluding carboxylic acids is 1. The molecule has 3 heterocycles. The smallest absolute Gasteiger partial charge is 0.272 e. The largest absolute Gasteiger partial charge is 0.486 e. The summed E-state index contributed by atoms with van der Waals surface area (Å²) in [4.78, 5) is 17.3. The first-order chi connectivity index (χ1) is 15.1. The predicted octanol–water partition coefficient (Wildman–Crippen LogP) is 3.05. The molecule has 0 aliphatic carbocycles. The van der Waals surface area contributed by atoms with Crippen molar-refractivity contribution >= 4 is 11.6 Å². The van der Waals surface area contributed by atoms with Crippen LogP contribution in [0.5, 0.6) is 11.5 Å². The predicted molar refractivity (Wildman–Crippen MR) is 114 cm³/mol. The Kier molecular flexibility index (Phi) is 4.97. The maximum Gasteiger partial charge on any atom is 0.272 e. The Bertz CT molecular complexity index is 1120. The van der Waals surface area contributed by atoms with Crippen molar-refractivity contribution in [3.8, 4) is 17.2 Å². The van der Waals surface area contributed by atoms with E-state index in [4.69, 9.17) is 9.47 Å². The van der Waals surface area contributed by atoms with Gasteiger partial charge in [-0.15, -0.1) is 0 Å². The van der Waals surface area contributed by atoms with E-state index in [1.54, 1.807) is 36.1 Å². The van der Waals surface area contributed by atoms with Crippen molar-refractivity contribution in [3.05, 3.63) is 65.7 Å². The zero-order valence-corrected chi connectivity index (χ0v) is 17.3. The number of amides is 1. The van der Waals surface area contributed by atoms with Crippen molar-refractivity contribution in [2.75, 3.05) is 44.3 Å². The summed E-state index contributed by atoms with van der Waals surface area (Å²) in [6.07, 6.45) is 0. The molecule has 1 fully saturated rings. The van der Waals surface area contributed by atoms with Gasteiger partial charge in [-0.25, -0.2) is 9.07 Å². The first kappa shape index (κ1) is 19.4. The second kappa shape index (κ2) is 7.94. The molecule has 0 N–H and O–H groups in total. The minimum atomic E-state index is -0.414. The Balaban J connectivity index is 1.32. The highest BCUT2D eigenvalue weighted by atomic mass is 19.1. The number of hydrogen-bond donors (Lipinski definition) is 0. The van der Waals surface area contributed by atoms with Crippen LogP contribution in [0.15, 0.2) is 48.5 Å². The molecule has 160 valence electrons. The molecule has 2 aliphatic heterocycles. The molecule has 3 aromatic rings. The Labute approximate surface area is 179 Å². The molecule has 0 saturated carbocycles. The third-order valence-electron chi connectivity index (χ3n) is 5.59. The Morgan fingerprint density at radius 3 is 2.48 bits per heavy atom. The van der Waals surface area contributed by atoms with E-state index >= 15 is 0 Å². The number of anilines is 1. The van der Waals surface area contributed by atoms with Gasteiger partial charge in [-0.05, 0) is 37.3 Å². The summed E-state index contributed by atoms with van der Waals surface area (Å²) < 4.78 is 27.0. The summed E-state index contributed by atoms with van der Waals surface area (Å²) in [5.41, 5.74) is 2.36. The van der Waals surface area contributed by atoms with Gasteiger partial charge in [-0.1, -0.05) is 12.1 Å². The third-order valence-corrected chi connectivity index (χ3v) is 5.59. The monoisotopic (exact) mass is 422 g/mol. The van der Waals surface area contributed by atoms with E-state index in [9.17, 15) is 9.18 Å². The zero-order chi connectivity index (χ0) is 21.4. The number of fused-ring (bicyclic) bond motifs is 1. The summed E-state index contributed by atoms with van der Waals surface area (Å²) in [5.74, 6) is 0.959. The molecular formula is C23H23FN4O3. The van der Waals surface area contributed by atoms with Crippen molar-refractivity contribution in [1.82, 2.24) is 14.7 Å². The van der Waals surface area contributed by atoms with Gasteiger partial charge in [0.2, 0.25) is 0 Å². The van der Waals surface area contributed by atoms with E-state index in [1.165, 1.54) is 10.7 Å². The minimum Gasteiger partial charge on any atom is -0.486 e. The van der Waals surface area contributed by atoms with E-state index in [2.05, 4.69) is 10.00 Å². The lowest BCUT2D eigenvalue weighted by Crippen LogP contribution is -2.49. The fourth-order valence-electron chi connectivity index (χ4n) is 4.02. The normalized spacial score (nSPS) is 15.8. The molecule has 0 bridgehead atoms. The van der Waals surface area contributed by atoms with E-state index in [0.717, 1.165) is 17.2 Å². The number of rotatable bonds is 3. The van der Waals surface area contributed by atoms with Crippen LogP contribution in [0.25, 0.3) is 5.69 Å². The molecular weight excluding hydrogens is 399 g/mol. The average molecular weight is 422 g/mol. The van der Waals surface area contributed by atoms with Gasteiger partial charge in [0, 0.05) is 37.9 Å². The number of para-hydroxylation sites is 1. The molecule has 2 aromatic carbocycles. The summed E-state index contributed by atoms with van der Waals surface area (Å²) in [5, 5.41) is 4.35. The summed E-state index contributed by atoms with van der Waals surface area (Å²) in [7, 11) is 0. The molecule has 1 amide bonds. The van der Waals surface area contributed by atoms with Gasteiger partial charge >= 0.3 is 0 Å². The van der Waals surface area contributed by atoms with Crippen LogP contribution in [0, 0.1) is 12.7 Å². The molecule has 5 rings (SSSR count). The van der Waals surface area contributed by atoms with Crippen LogP contribution in [0.4, 0.5) is 10.1 Å². The number of halogens is 1. The van der Waals surface area contributed by atoms with Gasteiger partial charge in [0.05, 0.1) is 5.69 Å². The molecule has 8 heteroatoms. The van der Waals surface area contributed by atoms with Crippen molar-refractivity contribution in [2.45, 2.75) is 6.92 Å². The third kappa shape index (κ3) is 3.69. The van der Waals surface area contributed by atoms with Gasteiger partial charge < -0.3 is 19.3 Å². The van der Waals surface area contributed by atoms with Crippen LogP contribution in [0.1, 0.15) is 16.2 Å². The second-order valence-corrected chi connectivity index (χ2v) is 7.64. The quantitative estimate of drug-likeness (QED) is 0.649. The number of ether oxygens (including phenoxy) is 2. The molecule has 0 unspecified atom stereocenters. The first-order valence-corrected chi connectivity index (χ1v) is 10.4. The number of hydrogen-bond acceptors (Lipinski definition) is 5. The Hall–Kier alpha value is -3.55.